The number of hydrogen-bond donors (Lipinski definition) is 3. The Bertz CT molecular complexity index is 916. The van der Waals surface area contributed by atoms with Crippen LogP contribution in [-0.2, 0) is 28.7 Å². The third-order valence-corrected chi connectivity index (χ3v) is 6.51. The van der Waals surface area contributed by atoms with Crippen LogP contribution in [-0.4, -0.2) is 58.2 Å². The Balaban J connectivity index is 2.57. The van der Waals surface area contributed by atoms with Gasteiger partial charge in [0.2, 0.25) is 6.29 Å². The smallest absolute Gasteiger partial charge is 0.304 e. The number of carbonyl (C=O) groups is 4. The Kier molecular flexibility index (Phi) is 9.06. The molecule has 1 aliphatic heterocycles. The summed E-state index contributed by atoms with van der Waals surface area (Å²) in [5.41, 5.74) is -0.644. The lowest BCUT2D eigenvalue weighted by Gasteiger charge is -2.52. The number of aryl methyl sites for hydroxylation is 1. The summed E-state index contributed by atoms with van der Waals surface area (Å²) in [6, 6.07) is 5.34. The highest BCUT2D eigenvalue weighted by Gasteiger charge is 2.56. The van der Waals surface area contributed by atoms with Crippen LogP contribution in [0.1, 0.15) is 38.7 Å². The molecule has 1 saturated heterocycles. The molecule has 1 aliphatic rings. The molecule has 0 unspecified atom stereocenters. The van der Waals surface area contributed by atoms with Gasteiger partial charge in [-0.2, -0.15) is 0 Å². The number of aliphatic carboxylic acids is 3. The monoisotopic (exact) mass is 578 g/mol. The molecule has 1 fully saturated rings. The van der Waals surface area contributed by atoms with Crippen molar-refractivity contribution in [2.45, 2.75) is 52.4 Å². The van der Waals surface area contributed by atoms with E-state index in [-0.39, 0.29) is 6.61 Å². The third-order valence-electron chi connectivity index (χ3n) is 5.84. The van der Waals surface area contributed by atoms with Crippen molar-refractivity contribution in [1.29, 1.82) is 0 Å². The Labute approximate surface area is 204 Å². The molecule has 5 atom stereocenters. The first-order valence-corrected chi connectivity index (χ1v) is 11.3. The molecular weight excluding hydrogens is 551 g/mol. The summed E-state index contributed by atoms with van der Waals surface area (Å²) in [7, 11) is 0. The molecule has 0 aliphatic carbocycles. The molecule has 0 bridgehead atoms. The standard InChI is InChI=1S/C22H27IO10/c1-11-6-13(23)4-5-16(11)32-21-22(3,9-20(29)30)15(8-19(27)28)14(7-18(25)26)17(33-21)10-31-12(2)24/h4-6,14-15,17,21H,7-10H2,1-3H3,(H,25,26)(H,27,28)(H,29,30)/t14-,15+,17+,21+,22+/m1/s1. The van der Waals surface area contributed by atoms with Gasteiger partial charge in [-0.25, -0.2) is 0 Å². The molecule has 3 N–H and O–H groups in total. The Morgan fingerprint density at radius 3 is 2.24 bits per heavy atom. The van der Waals surface area contributed by atoms with Crippen molar-refractivity contribution < 1.29 is 48.7 Å². The van der Waals surface area contributed by atoms with Crippen molar-refractivity contribution in [3.05, 3.63) is 27.3 Å². The van der Waals surface area contributed by atoms with Gasteiger partial charge in [-0.15, -0.1) is 0 Å². The molecule has 0 amide bonds. The predicted molar refractivity (Wildman–Crippen MR) is 122 cm³/mol. The summed E-state index contributed by atoms with van der Waals surface area (Å²) in [6.45, 7) is 4.19. The van der Waals surface area contributed by atoms with Crippen molar-refractivity contribution in [3.63, 3.8) is 0 Å². The van der Waals surface area contributed by atoms with Gasteiger partial charge in [-0.1, -0.05) is 6.92 Å². The molecule has 0 spiro atoms. The topological polar surface area (TPSA) is 157 Å². The number of esters is 1. The quantitative estimate of drug-likeness (QED) is 0.279. The molecule has 0 saturated carbocycles. The first-order valence-electron chi connectivity index (χ1n) is 10.2. The molecule has 2 rings (SSSR count). The highest BCUT2D eigenvalue weighted by molar-refractivity contribution is 14.1. The van der Waals surface area contributed by atoms with E-state index < -0.39 is 72.8 Å². The van der Waals surface area contributed by atoms with Crippen LogP contribution in [0.15, 0.2) is 18.2 Å². The summed E-state index contributed by atoms with van der Waals surface area (Å²) in [5.74, 6) is -5.73. The van der Waals surface area contributed by atoms with Crippen LogP contribution in [0.4, 0.5) is 0 Å². The Hall–Kier alpha value is -2.41. The molecule has 1 heterocycles. The van der Waals surface area contributed by atoms with Gasteiger partial charge in [0.15, 0.2) is 0 Å². The van der Waals surface area contributed by atoms with Gasteiger partial charge in [-0.05, 0) is 59.2 Å². The summed E-state index contributed by atoms with van der Waals surface area (Å²) >= 11 is 2.13. The minimum atomic E-state index is -1.40. The zero-order valence-electron chi connectivity index (χ0n) is 18.4. The minimum absolute atomic E-state index is 0.321. The second-order valence-corrected chi connectivity index (χ2v) is 9.62. The summed E-state index contributed by atoms with van der Waals surface area (Å²) in [6.07, 6.45) is -3.76. The second-order valence-electron chi connectivity index (χ2n) is 8.38. The van der Waals surface area contributed by atoms with Crippen LogP contribution in [0, 0.1) is 27.7 Å². The summed E-state index contributed by atoms with van der Waals surface area (Å²) in [4.78, 5) is 46.5. The van der Waals surface area contributed by atoms with E-state index in [2.05, 4.69) is 22.6 Å². The van der Waals surface area contributed by atoms with E-state index in [9.17, 15) is 34.5 Å². The first kappa shape index (κ1) is 26.8. The number of halogens is 1. The van der Waals surface area contributed by atoms with Gasteiger partial charge in [0.05, 0.1) is 18.9 Å². The van der Waals surface area contributed by atoms with Crippen molar-refractivity contribution in [1.82, 2.24) is 0 Å². The fourth-order valence-electron chi connectivity index (χ4n) is 4.31. The third kappa shape index (κ3) is 7.03. The summed E-state index contributed by atoms with van der Waals surface area (Å²) < 4.78 is 18.1. The number of carbonyl (C=O) groups excluding carboxylic acids is 1. The zero-order chi connectivity index (χ0) is 24.9. The number of carboxylic acids is 3. The normalized spacial score (nSPS) is 26.9. The van der Waals surface area contributed by atoms with E-state index in [1.54, 1.807) is 19.1 Å². The highest BCUT2D eigenvalue weighted by atomic mass is 127. The van der Waals surface area contributed by atoms with Gasteiger partial charge in [-0.3, -0.25) is 19.2 Å². The van der Waals surface area contributed by atoms with Crippen LogP contribution < -0.4 is 4.74 Å². The molecule has 182 valence electrons. The van der Waals surface area contributed by atoms with Crippen LogP contribution in [0.25, 0.3) is 0 Å². The minimum Gasteiger partial charge on any atom is -0.481 e. The van der Waals surface area contributed by atoms with E-state index in [0.717, 1.165) is 9.13 Å². The average Bonchev–Trinajstić information content (AvgIpc) is 2.66. The Morgan fingerprint density at radius 2 is 1.73 bits per heavy atom. The van der Waals surface area contributed by atoms with Gasteiger partial charge < -0.3 is 29.5 Å². The van der Waals surface area contributed by atoms with E-state index >= 15 is 0 Å². The maximum atomic E-state index is 11.8. The van der Waals surface area contributed by atoms with Crippen LogP contribution in [0.3, 0.4) is 0 Å². The van der Waals surface area contributed by atoms with Crippen molar-refractivity contribution in [2.75, 3.05) is 6.61 Å². The highest BCUT2D eigenvalue weighted by Crippen LogP contribution is 2.50. The molecular formula is C22H27IO10. The van der Waals surface area contributed by atoms with E-state index in [1.807, 2.05) is 6.07 Å². The van der Waals surface area contributed by atoms with E-state index in [4.69, 9.17) is 14.2 Å². The molecule has 1 aromatic rings. The number of hydrogen-bond acceptors (Lipinski definition) is 7. The molecule has 33 heavy (non-hydrogen) atoms. The van der Waals surface area contributed by atoms with Crippen LogP contribution >= 0.6 is 22.6 Å². The van der Waals surface area contributed by atoms with Gasteiger partial charge in [0.1, 0.15) is 12.4 Å². The molecule has 0 aromatic heterocycles. The lowest BCUT2D eigenvalue weighted by atomic mass is 9.62. The fourth-order valence-corrected chi connectivity index (χ4v) is 4.96. The fraction of sp³-hybridized carbons (Fsp3) is 0.545. The average molecular weight is 578 g/mol. The molecule has 10 nitrogen and oxygen atoms in total. The zero-order valence-corrected chi connectivity index (χ0v) is 20.6. The van der Waals surface area contributed by atoms with Crippen LogP contribution in [0.5, 0.6) is 5.75 Å². The van der Waals surface area contributed by atoms with Crippen molar-refractivity contribution in [2.24, 2.45) is 17.3 Å². The molecule has 0 radical (unpaired) electrons. The molecule has 1 aromatic carbocycles. The van der Waals surface area contributed by atoms with E-state index in [0.29, 0.717) is 5.75 Å². The van der Waals surface area contributed by atoms with Crippen molar-refractivity contribution >= 4 is 46.5 Å². The Morgan fingerprint density at radius 1 is 1.09 bits per heavy atom. The lowest BCUT2D eigenvalue weighted by Crippen LogP contribution is -2.59. The SMILES string of the molecule is CC(=O)OC[C@@H]1O[C@H](Oc2ccc(I)cc2C)[C@@](C)(CC(=O)O)[C@@H](CC(=O)O)[C@H]1CC(=O)O. The van der Waals surface area contributed by atoms with Crippen molar-refractivity contribution in [3.8, 4) is 5.75 Å². The summed E-state index contributed by atoms with van der Waals surface area (Å²) in [5, 5.41) is 28.7. The largest absolute Gasteiger partial charge is 0.481 e. The maximum Gasteiger partial charge on any atom is 0.304 e. The first-order chi connectivity index (χ1) is 15.3. The second kappa shape index (κ2) is 11.1. The number of carboxylic acid groups (broad SMARTS) is 3. The number of ether oxygens (including phenoxy) is 3. The lowest BCUT2D eigenvalue weighted by molar-refractivity contribution is -0.269. The van der Waals surface area contributed by atoms with E-state index in [1.165, 1.54) is 13.8 Å². The number of rotatable bonds is 10. The number of benzene rings is 1. The predicted octanol–water partition coefficient (Wildman–Crippen LogP) is 2.93. The molecule has 11 heteroatoms. The van der Waals surface area contributed by atoms with Crippen LogP contribution in [0.2, 0.25) is 0 Å². The van der Waals surface area contributed by atoms with Gasteiger partial charge in [0, 0.05) is 28.2 Å². The van der Waals surface area contributed by atoms with Gasteiger partial charge in [0.25, 0.3) is 0 Å². The van der Waals surface area contributed by atoms with Gasteiger partial charge >= 0.3 is 23.9 Å². The maximum absolute atomic E-state index is 11.8.